The third kappa shape index (κ3) is 6.32. The Balaban J connectivity index is 1.79. The van der Waals surface area contributed by atoms with Gasteiger partial charge in [0, 0.05) is 23.6 Å². The summed E-state index contributed by atoms with van der Waals surface area (Å²) in [5.41, 5.74) is 2.69. The van der Waals surface area contributed by atoms with Crippen molar-refractivity contribution in [1.29, 1.82) is 0 Å². The molecule has 4 amide bonds. The van der Waals surface area contributed by atoms with Crippen LogP contribution in [0.4, 0.5) is 21.0 Å². The third-order valence-corrected chi connectivity index (χ3v) is 5.64. The SMILES string of the molecule is CCCCN1C(=O)NC(c2cccc(NC(=O)Nc3ccc(OCC)cc3)c2)C(C(=O)OC)=C1C. The molecule has 0 bridgehead atoms. The van der Waals surface area contributed by atoms with E-state index in [1.165, 1.54) is 7.11 Å². The number of urea groups is 2. The molecule has 0 saturated heterocycles. The van der Waals surface area contributed by atoms with E-state index in [4.69, 9.17) is 9.47 Å². The van der Waals surface area contributed by atoms with E-state index in [9.17, 15) is 14.4 Å². The predicted molar refractivity (Wildman–Crippen MR) is 134 cm³/mol. The molecule has 0 saturated carbocycles. The van der Waals surface area contributed by atoms with Gasteiger partial charge >= 0.3 is 18.0 Å². The quantitative estimate of drug-likeness (QED) is 0.436. The summed E-state index contributed by atoms with van der Waals surface area (Å²) in [6.07, 6.45) is 1.73. The van der Waals surface area contributed by atoms with Gasteiger partial charge in [-0.05, 0) is 62.2 Å². The van der Waals surface area contributed by atoms with Gasteiger partial charge in [-0.3, -0.25) is 4.90 Å². The summed E-state index contributed by atoms with van der Waals surface area (Å²) in [6.45, 7) is 6.76. The van der Waals surface area contributed by atoms with Crippen LogP contribution in [0.1, 0.15) is 45.2 Å². The van der Waals surface area contributed by atoms with Crippen LogP contribution < -0.4 is 20.7 Å². The molecule has 1 aliphatic heterocycles. The fourth-order valence-corrected chi connectivity index (χ4v) is 3.88. The number of carbonyl (C=O) groups is 3. The minimum atomic E-state index is -0.705. The average Bonchev–Trinajstić information content (AvgIpc) is 2.84. The Bertz CT molecular complexity index is 1100. The zero-order valence-corrected chi connectivity index (χ0v) is 20.5. The first kappa shape index (κ1) is 25.6. The molecule has 0 spiro atoms. The van der Waals surface area contributed by atoms with Crippen molar-refractivity contribution < 1.29 is 23.9 Å². The van der Waals surface area contributed by atoms with Crippen LogP contribution in [-0.4, -0.2) is 43.2 Å². The Morgan fingerprint density at radius 3 is 2.43 bits per heavy atom. The van der Waals surface area contributed by atoms with Crippen LogP contribution in [-0.2, 0) is 9.53 Å². The molecule has 9 nitrogen and oxygen atoms in total. The highest BCUT2D eigenvalue weighted by Gasteiger charge is 2.36. The van der Waals surface area contributed by atoms with Gasteiger partial charge in [-0.2, -0.15) is 0 Å². The van der Waals surface area contributed by atoms with Crippen molar-refractivity contribution in [3.8, 4) is 5.75 Å². The number of amides is 4. The molecule has 2 aromatic carbocycles. The Hall–Kier alpha value is -4.01. The number of anilines is 2. The number of carbonyl (C=O) groups excluding carboxylic acids is 3. The number of hydrogen-bond acceptors (Lipinski definition) is 5. The predicted octanol–water partition coefficient (Wildman–Crippen LogP) is 5.04. The number of allylic oxidation sites excluding steroid dienone is 1. The van der Waals surface area contributed by atoms with Gasteiger partial charge in [0.15, 0.2) is 0 Å². The fourth-order valence-electron chi connectivity index (χ4n) is 3.88. The van der Waals surface area contributed by atoms with Gasteiger partial charge in [0.25, 0.3) is 0 Å². The number of ether oxygens (including phenoxy) is 2. The van der Waals surface area contributed by atoms with Crippen molar-refractivity contribution >= 4 is 29.4 Å². The summed E-state index contributed by atoms with van der Waals surface area (Å²) >= 11 is 0. The summed E-state index contributed by atoms with van der Waals surface area (Å²) < 4.78 is 10.4. The minimum Gasteiger partial charge on any atom is -0.494 e. The molecule has 3 rings (SSSR count). The lowest BCUT2D eigenvalue weighted by Crippen LogP contribution is -2.48. The van der Waals surface area contributed by atoms with Gasteiger partial charge in [-0.1, -0.05) is 25.5 Å². The number of esters is 1. The van der Waals surface area contributed by atoms with E-state index in [0.29, 0.717) is 41.4 Å². The Kier molecular flexibility index (Phi) is 8.72. The maximum absolute atomic E-state index is 12.8. The second-order valence-corrected chi connectivity index (χ2v) is 8.04. The van der Waals surface area contributed by atoms with E-state index in [1.807, 2.05) is 13.8 Å². The largest absolute Gasteiger partial charge is 0.494 e. The zero-order valence-electron chi connectivity index (χ0n) is 20.5. The first-order valence-corrected chi connectivity index (χ1v) is 11.7. The molecule has 1 unspecified atom stereocenters. The lowest BCUT2D eigenvalue weighted by Gasteiger charge is -2.35. The summed E-state index contributed by atoms with van der Waals surface area (Å²) in [4.78, 5) is 39.6. The van der Waals surface area contributed by atoms with Crippen LogP contribution in [0.5, 0.6) is 5.75 Å². The summed E-state index contributed by atoms with van der Waals surface area (Å²) in [5.74, 6) is 0.208. The molecule has 186 valence electrons. The lowest BCUT2D eigenvalue weighted by molar-refractivity contribution is -0.136. The third-order valence-electron chi connectivity index (χ3n) is 5.64. The molecule has 9 heteroatoms. The highest BCUT2D eigenvalue weighted by Crippen LogP contribution is 2.32. The number of nitrogens with one attached hydrogen (secondary N) is 3. The zero-order chi connectivity index (χ0) is 25.4. The van der Waals surface area contributed by atoms with Crippen LogP contribution >= 0.6 is 0 Å². The van der Waals surface area contributed by atoms with Crippen molar-refractivity contribution in [2.45, 2.75) is 39.7 Å². The molecule has 3 N–H and O–H groups in total. The number of hydrogen-bond donors (Lipinski definition) is 3. The minimum absolute atomic E-state index is 0.278. The standard InChI is InChI=1S/C26H32N4O5/c1-5-7-15-30-17(3)22(24(31)34-4)23(29-26(30)33)18-9-8-10-20(16-18)28-25(32)27-19-11-13-21(14-12-19)35-6-2/h8-14,16,23H,5-7,15H2,1-4H3,(H,29,33)(H2,27,28,32). The molecule has 0 aliphatic carbocycles. The summed E-state index contributed by atoms with van der Waals surface area (Å²) in [7, 11) is 1.32. The lowest BCUT2D eigenvalue weighted by atomic mass is 9.94. The van der Waals surface area contributed by atoms with Crippen LogP contribution in [0.3, 0.4) is 0 Å². The van der Waals surface area contributed by atoms with Crippen molar-refractivity contribution in [1.82, 2.24) is 10.2 Å². The van der Waals surface area contributed by atoms with E-state index in [2.05, 4.69) is 16.0 Å². The second-order valence-electron chi connectivity index (χ2n) is 8.04. The summed E-state index contributed by atoms with van der Waals surface area (Å²) in [6, 6.07) is 12.6. The van der Waals surface area contributed by atoms with Gasteiger partial charge in [0.2, 0.25) is 0 Å². The maximum Gasteiger partial charge on any atom is 0.337 e. The summed E-state index contributed by atoms with van der Waals surface area (Å²) in [5, 5.41) is 8.47. The number of rotatable bonds is 9. The molecule has 0 radical (unpaired) electrons. The average molecular weight is 481 g/mol. The fraction of sp³-hybridized carbons (Fsp3) is 0.346. The first-order valence-electron chi connectivity index (χ1n) is 11.7. The van der Waals surface area contributed by atoms with Crippen molar-refractivity contribution in [2.24, 2.45) is 0 Å². The molecule has 1 atom stereocenters. The molecule has 0 aromatic heterocycles. The maximum atomic E-state index is 12.8. The van der Waals surface area contributed by atoms with Gasteiger partial charge in [-0.25, -0.2) is 14.4 Å². The Morgan fingerprint density at radius 2 is 1.77 bits per heavy atom. The van der Waals surface area contributed by atoms with E-state index in [0.717, 1.165) is 18.6 Å². The van der Waals surface area contributed by atoms with Crippen LogP contribution in [0.2, 0.25) is 0 Å². The number of benzene rings is 2. The number of unbranched alkanes of at least 4 members (excludes halogenated alkanes) is 1. The molecule has 0 fully saturated rings. The molecule has 35 heavy (non-hydrogen) atoms. The number of methoxy groups -OCH3 is 1. The van der Waals surface area contributed by atoms with Gasteiger partial charge in [-0.15, -0.1) is 0 Å². The van der Waals surface area contributed by atoms with Gasteiger partial charge < -0.3 is 25.4 Å². The molecular weight excluding hydrogens is 448 g/mol. The van der Waals surface area contributed by atoms with Crippen molar-refractivity contribution in [3.05, 3.63) is 65.4 Å². The topological polar surface area (TPSA) is 109 Å². The number of nitrogens with zero attached hydrogens (tertiary/aromatic N) is 1. The molecular formula is C26H32N4O5. The van der Waals surface area contributed by atoms with Crippen LogP contribution in [0.15, 0.2) is 59.8 Å². The van der Waals surface area contributed by atoms with E-state index < -0.39 is 18.0 Å². The monoisotopic (exact) mass is 480 g/mol. The molecule has 1 aliphatic rings. The van der Waals surface area contributed by atoms with E-state index >= 15 is 0 Å². The highest BCUT2D eigenvalue weighted by molar-refractivity contribution is 6.00. The van der Waals surface area contributed by atoms with Crippen molar-refractivity contribution in [3.63, 3.8) is 0 Å². The van der Waals surface area contributed by atoms with Gasteiger partial charge in [0.1, 0.15) is 5.75 Å². The smallest absolute Gasteiger partial charge is 0.337 e. The van der Waals surface area contributed by atoms with Gasteiger partial charge in [0.05, 0.1) is 25.3 Å². The molecule has 1 heterocycles. The Labute approximate surface area is 205 Å². The van der Waals surface area contributed by atoms with Crippen LogP contribution in [0.25, 0.3) is 0 Å². The van der Waals surface area contributed by atoms with Crippen molar-refractivity contribution in [2.75, 3.05) is 30.9 Å². The second kappa shape index (κ2) is 11.9. The Morgan fingerprint density at radius 1 is 1.06 bits per heavy atom. The van der Waals surface area contributed by atoms with Crippen LogP contribution in [0, 0.1) is 0 Å². The van der Waals surface area contributed by atoms with E-state index in [1.54, 1.807) is 60.4 Å². The van der Waals surface area contributed by atoms with E-state index in [-0.39, 0.29) is 6.03 Å². The molecule has 2 aromatic rings. The normalized spacial score (nSPS) is 15.4. The highest BCUT2D eigenvalue weighted by atomic mass is 16.5. The first-order chi connectivity index (χ1) is 16.9.